The van der Waals surface area contributed by atoms with Crippen molar-refractivity contribution < 1.29 is 13.9 Å². The van der Waals surface area contributed by atoms with Gasteiger partial charge in [-0.25, -0.2) is 9.37 Å². The number of carbonyl (C=O) groups excluding carboxylic acids is 1. The number of nitrogens with zero attached hydrogens (tertiary/aromatic N) is 2. The third kappa shape index (κ3) is 4.61. The lowest BCUT2D eigenvalue weighted by Gasteiger charge is -2.33. The molecule has 0 saturated heterocycles. The Kier molecular flexibility index (Phi) is 6.95. The molecule has 5 nitrogen and oxygen atoms in total. The van der Waals surface area contributed by atoms with Gasteiger partial charge in [-0.1, -0.05) is 62.4 Å². The number of aromatic nitrogens is 2. The van der Waals surface area contributed by atoms with Gasteiger partial charge in [-0.2, -0.15) is 0 Å². The number of halogens is 1. The Labute approximate surface area is 200 Å². The number of fused-ring (bicyclic) bond motifs is 1. The molecular weight excluding hydrogens is 429 g/mol. The van der Waals surface area contributed by atoms with E-state index >= 15 is 0 Å². The molecule has 1 N–H and O–H groups in total. The van der Waals surface area contributed by atoms with Crippen LogP contribution in [0.4, 0.5) is 4.39 Å². The van der Waals surface area contributed by atoms with E-state index in [1.54, 1.807) is 13.2 Å². The molecule has 2 aliphatic rings. The van der Waals surface area contributed by atoms with Crippen LogP contribution in [0.5, 0.6) is 0 Å². The highest BCUT2D eigenvalue weighted by Gasteiger charge is 2.37. The second-order valence-corrected chi connectivity index (χ2v) is 9.83. The van der Waals surface area contributed by atoms with Crippen molar-refractivity contribution >= 4 is 16.9 Å². The molecule has 180 valence electrons. The topological polar surface area (TPSA) is 56.2 Å². The molecule has 1 unspecified atom stereocenters. The Morgan fingerprint density at radius 1 is 1.03 bits per heavy atom. The smallest absolute Gasteiger partial charge is 0.243 e. The number of imidazole rings is 1. The van der Waals surface area contributed by atoms with Crippen molar-refractivity contribution in [1.29, 1.82) is 0 Å². The van der Waals surface area contributed by atoms with Crippen LogP contribution in [-0.4, -0.2) is 28.6 Å². The van der Waals surface area contributed by atoms with Gasteiger partial charge in [0, 0.05) is 19.2 Å². The van der Waals surface area contributed by atoms with E-state index in [1.165, 1.54) is 18.6 Å². The number of amides is 1. The molecule has 5 rings (SSSR count). The highest BCUT2D eigenvalue weighted by atomic mass is 19.1. The molecule has 2 saturated carbocycles. The van der Waals surface area contributed by atoms with E-state index in [4.69, 9.17) is 9.72 Å². The molecule has 0 bridgehead atoms. The lowest BCUT2D eigenvalue weighted by atomic mass is 9.83. The van der Waals surface area contributed by atoms with Gasteiger partial charge in [0.1, 0.15) is 23.8 Å². The fourth-order valence-corrected chi connectivity index (χ4v) is 5.93. The van der Waals surface area contributed by atoms with Crippen LogP contribution in [0.25, 0.3) is 11.0 Å². The summed E-state index contributed by atoms with van der Waals surface area (Å²) in [6.45, 7) is 0. The number of methoxy groups -OCH3 is 1. The second kappa shape index (κ2) is 10.3. The van der Waals surface area contributed by atoms with Gasteiger partial charge >= 0.3 is 0 Å². The minimum absolute atomic E-state index is 0.0617. The normalized spacial score (nSPS) is 19.4. The molecule has 3 aromatic rings. The van der Waals surface area contributed by atoms with Gasteiger partial charge in [0.05, 0.1) is 11.0 Å². The van der Waals surface area contributed by atoms with Crippen molar-refractivity contribution in [3.8, 4) is 0 Å². The molecular formula is C28H34FN3O2. The molecule has 2 atom stereocenters. The third-order valence-corrected chi connectivity index (χ3v) is 7.60. The summed E-state index contributed by atoms with van der Waals surface area (Å²) in [6, 6.07) is 14.4. The number of benzene rings is 2. The third-order valence-electron chi connectivity index (χ3n) is 7.60. The Hall–Kier alpha value is -2.73. The molecule has 2 fully saturated rings. The van der Waals surface area contributed by atoms with E-state index < -0.39 is 12.1 Å². The van der Waals surface area contributed by atoms with E-state index in [0.29, 0.717) is 11.3 Å². The van der Waals surface area contributed by atoms with Crippen molar-refractivity contribution in [1.82, 2.24) is 14.9 Å². The Morgan fingerprint density at radius 3 is 2.44 bits per heavy atom. The molecule has 0 aliphatic heterocycles. The number of rotatable bonds is 7. The summed E-state index contributed by atoms with van der Waals surface area (Å²) in [5, 5.41) is 3.36. The maximum atomic E-state index is 14.2. The zero-order valence-corrected chi connectivity index (χ0v) is 19.9. The van der Waals surface area contributed by atoms with Gasteiger partial charge in [0.2, 0.25) is 5.91 Å². The molecule has 1 amide bonds. The summed E-state index contributed by atoms with van der Waals surface area (Å²) in [6.07, 6.45) is 9.42. The molecule has 1 heterocycles. The van der Waals surface area contributed by atoms with Crippen LogP contribution in [0.1, 0.15) is 81.3 Å². The molecule has 0 spiro atoms. The summed E-state index contributed by atoms with van der Waals surface area (Å²) in [5.41, 5.74) is 2.30. The molecule has 0 radical (unpaired) electrons. The van der Waals surface area contributed by atoms with E-state index in [2.05, 4.69) is 9.88 Å². The zero-order valence-electron chi connectivity index (χ0n) is 19.9. The van der Waals surface area contributed by atoms with Gasteiger partial charge in [-0.15, -0.1) is 0 Å². The van der Waals surface area contributed by atoms with Crippen molar-refractivity contribution in [3.63, 3.8) is 0 Å². The lowest BCUT2D eigenvalue weighted by molar-refractivity contribution is -0.127. The molecule has 34 heavy (non-hydrogen) atoms. The SMILES string of the molecule is CO[C@H](c1ccccc1)c1nc2cc(F)ccc2n1C(C(=O)NC1CCCC1)C1CCCCC1. The van der Waals surface area contributed by atoms with Crippen LogP contribution in [0.3, 0.4) is 0 Å². The predicted octanol–water partition coefficient (Wildman–Crippen LogP) is 6.09. The van der Waals surface area contributed by atoms with E-state index in [-0.39, 0.29) is 23.7 Å². The van der Waals surface area contributed by atoms with Crippen molar-refractivity contribution in [2.75, 3.05) is 7.11 Å². The molecule has 2 aromatic carbocycles. The van der Waals surface area contributed by atoms with Gasteiger partial charge in [-0.3, -0.25) is 4.79 Å². The first kappa shape index (κ1) is 23.0. The van der Waals surface area contributed by atoms with Crippen LogP contribution in [0.15, 0.2) is 48.5 Å². The predicted molar refractivity (Wildman–Crippen MR) is 131 cm³/mol. The van der Waals surface area contributed by atoms with Crippen molar-refractivity contribution in [2.45, 2.75) is 76.0 Å². The number of hydrogen-bond donors (Lipinski definition) is 1. The van der Waals surface area contributed by atoms with Crippen molar-refractivity contribution in [3.05, 3.63) is 65.7 Å². The summed E-state index contributed by atoms with van der Waals surface area (Å²) in [4.78, 5) is 18.8. The van der Waals surface area contributed by atoms with Crippen LogP contribution < -0.4 is 5.32 Å². The Balaban J connectivity index is 1.65. The van der Waals surface area contributed by atoms with Crippen molar-refractivity contribution in [2.24, 2.45) is 5.92 Å². The Bertz CT molecular complexity index is 1120. The highest BCUT2D eigenvalue weighted by molar-refractivity contribution is 5.85. The standard InChI is InChI=1S/C28H34FN3O2/c1-34-26(20-12-6-3-7-13-20)27-31-23-18-21(29)16-17-24(23)32(27)25(19-10-4-2-5-11-19)28(33)30-22-14-8-9-15-22/h3,6-7,12-13,16-19,22,25-26H,2,4-5,8-11,14-15H2,1H3,(H,30,33)/t25?,26-/m1/s1. The first-order valence-corrected chi connectivity index (χ1v) is 12.7. The average molecular weight is 464 g/mol. The molecule has 2 aliphatic carbocycles. The lowest BCUT2D eigenvalue weighted by Crippen LogP contribution is -2.42. The summed E-state index contributed by atoms with van der Waals surface area (Å²) >= 11 is 0. The number of hydrogen-bond acceptors (Lipinski definition) is 3. The summed E-state index contributed by atoms with van der Waals surface area (Å²) < 4.78 is 22.2. The maximum Gasteiger partial charge on any atom is 0.243 e. The minimum Gasteiger partial charge on any atom is -0.369 e. The second-order valence-electron chi connectivity index (χ2n) is 9.83. The largest absolute Gasteiger partial charge is 0.369 e. The van der Waals surface area contributed by atoms with Gasteiger partial charge in [0.15, 0.2) is 0 Å². The average Bonchev–Trinajstić information content (AvgIpc) is 3.49. The fraction of sp³-hybridized carbons (Fsp3) is 0.500. The Morgan fingerprint density at radius 2 is 1.74 bits per heavy atom. The maximum absolute atomic E-state index is 14.2. The quantitative estimate of drug-likeness (QED) is 0.461. The van der Waals surface area contributed by atoms with E-state index in [0.717, 1.165) is 62.4 Å². The van der Waals surface area contributed by atoms with E-state index in [9.17, 15) is 9.18 Å². The molecule has 6 heteroatoms. The molecule has 1 aromatic heterocycles. The monoisotopic (exact) mass is 463 g/mol. The van der Waals surface area contributed by atoms with E-state index in [1.807, 2.05) is 30.3 Å². The highest BCUT2D eigenvalue weighted by Crippen LogP contribution is 2.39. The van der Waals surface area contributed by atoms with Gasteiger partial charge in [-0.05, 0) is 49.3 Å². The van der Waals surface area contributed by atoms with Crippen LogP contribution >= 0.6 is 0 Å². The first-order valence-electron chi connectivity index (χ1n) is 12.7. The first-order chi connectivity index (χ1) is 16.7. The van der Waals surface area contributed by atoms with Gasteiger partial charge < -0.3 is 14.6 Å². The number of nitrogens with one attached hydrogen (secondary N) is 1. The zero-order chi connectivity index (χ0) is 23.5. The van der Waals surface area contributed by atoms with Crippen LogP contribution in [0.2, 0.25) is 0 Å². The van der Waals surface area contributed by atoms with Crippen LogP contribution in [-0.2, 0) is 9.53 Å². The minimum atomic E-state index is -0.456. The van der Waals surface area contributed by atoms with Gasteiger partial charge in [0.25, 0.3) is 0 Å². The summed E-state index contributed by atoms with van der Waals surface area (Å²) in [7, 11) is 1.66. The van der Waals surface area contributed by atoms with Crippen LogP contribution in [0, 0.1) is 11.7 Å². The fourth-order valence-electron chi connectivity index (χ4n) is 5.93. The summed E-state index contributed by atoms with van der Waals surface area (Å²) in [5.74, 6) is 0.602. The number of ether oxygens (including phenoxy) is 1. The number of carbonyl (C=O) groups is 1.